The zero-order valence-corrected chi connectivity index (χ0v) is 20.1. The fourth-order valence-electron chi connectivity index (χ4n) is 6.84. The molecule has 4 atom stereocenters. The first kappa shape index (κ1) is 22.1. The van der Waals surface area contributed by atoms with E-state index in [1.165, 1.54) is 36.7 Å². The molecule has 0 spiro atoms. The van der Waals surface area contributed by atoms with E-state index >= 15 is 0 Å². The van der Waals surface area contributed by atoms with Crippen LogP contribution in [-0.4, -0.2) is 33.2 Å². The Morgan fingerprint density at radius 3 is 2.62 bits per heavy atom. The molecule has 4 nitrogen and oxygen atoms in total. The van der Waals surface area contributed by atoms with E-state index in [1.807, 2.05) is 0 Å². The molecule has 0 aromatic heterocycles. The number of carbonyl (C=O) groups excluding carboxylic acids is 1. The molecule has 2 aliphatic heterocycles. The van der Waals surface area contributed by atoms with Crippen LogP contribution in [0.1, 0.15) is 56.9 Å². The average molecular weight is 477 g/mol. The topological polar surface area (TPSA) is 52.6 Å². The second-order valence-electron chi connectivity index (χ2n) is 10.4. The van der Waals surface area contributed by atoms with Crippen molar-refractivity contribution in [2.45, 2.75) is 62.9 Å². The number of amides is 1. The Morgan fingerprint density at radius 2 is 1.97 bits per heavy atom. The van der Waals surface area contributed by atoms with Crippen LogP contribution in [0.2, 0.25) is 5.02 Å². The van der Waals surface area contributed by atoms with Gasteiger partial charge in [0.25, 0.3) is 5.91 Å². The van der Waals surface area contributed by atoms with Gasteiger partial charge in [-0.1, -0.05) is 38.1 Å². The van der Waals surface area contributed by atoms with Crippen LogP contribution in [-0.2, 0) is 4.79 Å². The third kappa shape index (κ3) is 3.63. The molecule has 3 fully saturated rings. The highest BCUT2D eigenvalue weighted by atomic mass is 35.5. The van der Waals surface area contributed by atoms with Gasteiger partial charge in [-0.2, -0.15) is 0 Å². The molecule has 1 aromatic carbocycles. The first-order valence-electron chi connectivity index (χ1n) is 11.5. The lowest BCUT2D eigenvalue weighted by atomic mass is 9.61. The van der Waals surface area contributed by atoms with E-state index in [2.05, 4.69) is 25.7 Å². The van der Waals surface area contributed by atoms with Crippen molar-refractivity contribution in [1.82, 2.24) is 10.2 Å². The summed E-state index contributed by atoms with van der Waals surface area (Å²) >= 11 is 7.83. The van der Waals surface area contributed by atoms with Crippen LogP contribution in [0.4, 0.5) is 4.39 Å². The van der Waals surface area contributed by atoms with Crippen LogP contribution in [0.5, 0.6) is 0 Å². The summed E-state index contributed by atoms with van der Waals surface area (Å²) in [6, 6.07) is 3.84. The molecule has 2 N–H and O–H groups in total. The normalized spacial score (nSPS) is 36.4. The SMILES string of the molecule is C=C(NC12CC(C)CC(CC(C)C1)C2)C1=C(O)C2CS[C@@H](c3ccc(F)cc3Cl)N2C1=O. The second-order valence-corrected chi connectivity index (χ2v) is 11.9. The lowest BCUT2D eigenvalue weighted by Gasteiger charge is -2.51. The number of fused-ring (bicyclic) bond motifs is 3. The zero-order valence-electron chi connectivity index (χ0n) is 18.5. The fourth-order valence-corrected chi connectivity index (χ4v) is 8.64. The third-order valence-electron chi connectivity index (χ3n) is 7.60. The van der Waals surface area contributed by atoms with Crippen LogP contribution in [0.15, 0.2) is 41.8 Å². The highest BCUT2D eigenvalue weighted by molar-refractivity contribution is 7.99. The molecule has 172 valence electrons. The molecule has 0 radical (unpaired) electrons. The summed E-state index contributed by atoms with van der Waals surface area (Å²) in [7, 11) is 0. The molecule has 5 rings (SSSR count). The molecule has 2 saturated carbocycles. The van der Waals surface area contributed by atoms with Crippen molar-refractivity contribution in [2.24, 2.45) is 17.8 Å². The van der Waals surface area contributed by atoms with Gasteiger partial charge in [0.2, 0.25) is 0 Å². The van der Waals surface area contributed by atoms with Crippen molar-refractivity contribution in [3.8, 4) is 0 Å². The maximum atomic E-state index is 13.5. The van der Waals surface area contributed by atoms with Crippen LogP contribution < -0.4 is 5.32 Å². The number of nitrogens with one attached hydrogen (secondary N) is 1. The van der Waals surface area contributed by atoms with Gasteiger partial charge < -0.3 is 15.3 Å². The summed E-state index contributed by atoms with van der Waals surface area (Å²) in [6.07, 6.45) is 5.75. The first-order valence-corrected chi connectivity index (χ1v) is 12.9. The summed E-state index contributed by atoms with van der Waals surface area (Å²) in [6.45, 7) is 8.84. The van der Waals surface area contributed by atoms with E-state index in [-0.39, 0.29) is 27.6 Å². The Hall–Kier alpha value is -1.66. The van der Waals surface area contributed by atoms with Gasteiger partial charge in [0.15, 0.2) is 0 Å². The number of hydrogen-bond donors (Lipinski definition) is 2. The molecule has 32 heavy (non-hydrogen) atoms. The summed E-state index contributed by atoms with van der Waals surface area (Å²) in [5, 5.41) is 14.6. The molecule has 3 unspecified atom stereocenters. The highest BCUT2D eigenvalue weighted by Gasteiger charge is 2.51. The largest absolute Gasteiger partial charge is 0.509 e. The number of carbonyl (C=O) groups is 1. The number of rotatable bonds is 4. The van der Waals surface area contributed by atoms with E-state index in [9.17, 15) is 14.3 Å². The minimum atomic E-state index is -0.411. The number of nitrogens with zero attached hydrogens (tertiary/aromatic N) is 1. The summed E-state index contributed by atoms with van der Waals surface area (Å²) in [5.41, 5.74) is 1.44. The molecule has 1 saturated heterocycles. The molecule has 1 amide bonds. The predicted octanol–water partition coefficient (Wildman–Crippen LogP) is 5.96. The first-order chi connectivity index (χ1) is 15.2. The Morgan fingerprint density at radius 1 is 1.28 bits per heavy atom. The number of thioether (sulfide) groups is 1. The molecule has 2 bridgehead atoms. The minimum Gasteiger partial charge on any atom is -0.509 e. The van der Waals surface area contributed by atoms with Gasteiger partial charge in [0.1, 0.15) is 28.6 Å². The Kier molecular flexibility index (Phi) is 5.52. The molecule has 7 heteroatoms. The Bertz CT molecular complexity index is 992. The predicted molar refractivity (Wildman–Crippen MR) is 127 cm³/mol. The van der Waals surface area contributed by atoms with Gasteiger partial charge >= 0.3 is 0 Å². The van der Waals surface area contributed by atoms with E-state index in [1.54, 1.807) is 11.0 Å². The average Bonchev–Trinajstić information content (AvgIpc) is 3.20. The Balaban J connectivity index is 1.39. The van der Waals surface area contributed by atoms with Gasteiger partial charge in [-0.25, -0.2) is 4.39 Å². The van der Waals surface area contributed by atoms with Gasteiger partial charge in [-0.05, 0) is 62.0 Å². The van der Waals surface area contributed by atoms with Crippen molar-refractivity contribution in [3.63, 3.8) is 0 Å². The molecule has 2 heterocycles. The number of halogens is 2. The third-order valence-corrected chi connectivity index (χ3v) is 9.23. The molecule has 2 aliphatic carbocycles. The van der Waals surface area contributed by atoms with Gasteiger partial charge in [0.05, 0.1) is 0 Å². The fraction of sp³-hybridized carbons (Fsp3) is 0.560. The molecular formula is C25H30ClFN2O2S. The van der Waals surface area contributed by atoms with Crippen molar-refractivity contribution < 1.29 is 14.3 Å². The van der Waals surface area contributed by atoms with Gasteiger partial charge in [0, 0.05) is 27.6 Å². The Labute approximate surface area is 198 Å². The maximum absolute atomic E-state index is 13.5. The van der Waals surface area contributed by atoms with Crippen LogP contribution in [0.25, 0.3) is 0 Å². The molecule has 4 aliphatic rings. The van der Waals surface area contributed by atoms with Crippen LogP contribution in [0, 0.1) is 23.6 Å². The van der Waals surface area contributed by atoms with Crippen molar-refractivity contribution in [2.75, 3.05) is 5.75 Å². The summed E-state index contributed by atoms with van der Waals surface area (Å²) in [5.74, 6) is 1.97. The van der Waals surface area contributed by atoms with Crippen molar-refractivity contribution in [1.29, 1.82) is 0 Å². The lowest BCUT2D eigenvalue weighted by Crippen LogP contribution is -2.54. The van der Waals surface area contributed by atoms with E-state index < -0.39 is 11.9 Å². The number of hydrogen-bond acceptors (Lipinski definition) is 4. The second kappa shape index (κ2) is 7.98. The smallest absolute Gasteiger partial charge is 0.261 e. The number of aliphatic hydroxyl groups excluding tert-OH is 1. The zero-order chi connectivity index (χ0) is 22.8. The summed E-state index contributed by atoms with van der Waals surface area (Å²) in [4.78, 5) is 15.2. The quantitative estimate of drug-likeness (QED) is 0.563. The van der Waals surface area contributed by atoms with Crippen LogP contribution >= 0.6 is 23.4 Å². The summed E-state index contributed by atoms with van der Waals surface area (Å²) < 4.78 is 13.5. The van der Waals surface area contributed by atoms with Crippen molar-refractivity contribution in [3.05, 3.63) is 58.2 Å². The lowest BCUT2D eigenvalue weighted by molar-refractivity contribution is -0.127. The van der Waals surface area contributed by atoms with Gasteiger partial charge in [-0.15, -0.1) is 11.8 Å². The van der Waals surface area contributed by atoms with E-state index in [0.717, 1.165) is 19.3 Å². The monoisotopic (exact) mass is 476 g/mol. The number of benzene rings is 1. The van der Waals surface area contributed by atoms with Crippen molar-refractivity contribution >= 4 is 29.3 Å². The number of aliphatic hydroxyl groups is 1. The standard InChI is InChI=1S/C25H30ClFN2O2S/c1-13-6-16-7-14(2)10-25(9-13,11-16)28-15(3)21-22(30)20-12-32-24(29(20)23(21)31)18-5-4-17(27)8-19(18)26/h4-5,8,13-14,16,20,24,28,30H,3,6-7,9-12H2,1-2H3/t13?,14?,16?,20?,24-,25?/m0/s1. The molecule has 1 aromatic rings. The van der Waals surface area contributed by atoms with Crippen LogP contribution in [0.3, 0.4) is 0 Å². The van der Waals surface area contributed by atoms with E-state index in [0.29, 0.717) is 40.3 Å². The van der Waals surface area contributed by atoms with E-state index in [4.69, 9.17) is 11.6 Å². The molecular weight excluding hydrogens is 447 g/mol. The minimum absolute atomic E-state index is 0.0634. The highest BCUT2D eigenvalue weighted by Crippen LogP contribution is 2.51. The van der Waals surface area contributed by atoms with Gasteiger partial charge in [-0.3, -0.25) is 4.79 Å². The maximum Gasteiger partial charge on any atom is 0.261 e.